The van der Waals surface area contributed by atoms with Gasteiger partial charge in [-0.05, 0) is 31.0 Å². The Balaban J connectivity index is 1.68. The highest BCUT2D eigenvalue weighted by molar-refractivity contribution is 6.05. The average Bonchev–Trinajstić information content (AvgIpc) is 3.36. The molecule has 0 aliphatic heterocycles. The molecule has 0 spiro atoms. The van der Waals surface area contributed by atoms with E-state index in [1.54, 1.807) is 12.3 Å². The standard InChI is InChI=1S/C27H32F3N5O3/c1-18(11-12-28)24(36)35(13-7-5-6-8-23-33-25(38-34-23)27(2,3)4)20-14-19(15-31-16-20)22-10-9-21(17-32-22)37-26(29)30/h9-10,14-17,26H,1,5-8,11-13H2,2-4H3. The fourth-order valence-electron chi connectivity index (χ4n) is 3.59. The molecule has 0 saturated carbocycles. The highest BCUT2D eigenvalue weighted by Gasteiger charge is 2.22. The summed E-state index contributed by atoms with van der Waals surface area (Å²) in [7, 11) is 0. The van der Waals surface area contributed by atoms with Crippen LogP contribution in [0, 0.1) is 0 Å². The van der Waals surface area contributed by atoms with Crippen molar-refractivity contribution in [3.63, 3.8) is 0 Å². The zero-order valence-electron chi connectivity index (χ0n) is 21.8. The number of alkyl halides is 3. The Morgan fingerprint density at radius 1 is 1.16 bits per heavy atom. The number of anilines is 1. The van der Waals surface area contributed by atoms with E-state index in [1.807, 2.05) is 20.8 Å². The number of amides is 1. The number of hydrogen-bond donors (Lipinski definition) is 0. The predicted octanol–water partition coefficient (Wildman–Crippen LogP) is 6.09. The Hall–Kier alpha value is -3.76. The molecule has 0 aliphatic rings. The number of carbonyl (C=O) groups is 1. The lowest BCUT2D eigenvalue weighted by Crippen LogP contribution is -2.33. The van der Waals surface area contributed by atoms with E-state index in [0.29, 0.717) is 48.0 Å². The van der Waals surface area contributed by atoms with E-state index in [2.05, 4.69) is 31.4 Å². The van der Waals surface area contributed by atoms with Crippen LogP contribution in [0.2, 0.25) is 0 Å². The largest absolute Gasteiger partial charge is 0.433 e. The van der Waals surface area contributed by atoms with E-state index in [4.69, 9.17) is 4.52 Å². The molecule has 0 N–H and O–H groups in total. The minimum atomic E-state index is -2.95. The Labute approximate surface area is 219 Å². The zero-order valence-corrected chi connectivity index (χ0v) is 21.8. The number of pyridine rings is 2. The van der Waals surface area contributed by atoms with Crippen LogP contribution in [0.15, 0.2) is 53.5 Å². The van der Waals surface area contributed by atoms with Gasteiger partial charge in [0.15, 0.2) is 5.82 Å². The molecule has 8 nitrogen and oxygen atoms in total. The van der Waals surface area contributed by atoms with E-state index in [9.17, 15) is 18.0 Å². The third kappa shape index (κ3) is 8.12. The van der Waals surface area contributed by atoms with Gasteiger partial charge in [0, 0.05) is 42.1 Å². The maximum Gasteiger partial charge on any atom is 0.387 e. The van der Waals surface area contributed by atoms with Gasteiger partial charge in [0.25, 0.3) is 5.91 Å². The average molecular weight is 532 g/mol. The van der Waals surface area contributed by atoms with Crippen molar-refractivity contribution < 1.29 is 27.2 Å². The number of hydrogen-bond acceptors (Lipinski definition) is 7. The van der Waals surface area contributed by atoms with Gasteiger partial charge in [0.05, 0.1) is 30.4 Å². The van der Waals surface area contributed by atoms with Crippen molar-refractivity contribution in [2.75, 3.05) is 18.1 Å². The minimum Gasteiger partial charge on any atom is -0.433 e. The zero-order chi connectivity index (χ0) is 27.7. The van der Waals surface area contributed by atoms with Crippen LogP contribution in [0.5, 0.6) is 5.75 Å². The van der Waals surface area contributed by atoms with Crippen LogP contribution in [0.25, 0.3) is 11.3 Å². The Bertz CT molecular complexity index is 1210. The monoisotopic (exact) mass is 531 g/mol. The predicted molar refractivity (Wildman–Crippen MR) is 137 cm³/mol. The van der Waals surface area contributed by atoms with Crippen LogP contribution >= 0.6 is 0 Å². The second-order valence-electron chi connectivity index (χ2n) is 9.77. The molecule has 3 rings (SSSR count). The van der Waals surface area contributed by atoms with Crippen molar-refractivity contribution >= 4 is 11.6 Å². The van der Waals surface area contributed by atoms with Crippen LogP contribution in [-0.4, -0.2) is 45.8 Å². The summed E-state index contributed by atoms with van der Waals surface area (Å²) in [5.74, 6) is 0.785. The van der Waals surface area contributed by atoms with Crippen molar-refractivity contribution in [3.05, 3.63) is 60.7 Å². The first kappa shape index (κ1) is 28.8. The number of unbranched alkanes of at least 4 members (excludes halogenated alkanes) is 2. The minimum absolute atomic E-state index is 0.0659. The number of aryl methyl sites for hydroxylation is 1. The molecule has 0 atom stereocenters. The summed E-state index contributed by atoms with van der Waals surface area (Å²) < 4.78 is 47.4. The van der Waals surface area contributed by atoms with E-state index < -0.39 is 13.3 Å². The molecule has 3 heterocycles. The van der Waals surface area contributed by atoms with Crippen molar-refractivity contribution in [1.82, 2.24) is 20.1 Å². The number of halogens is 3. The molecule has 11 heteroatoms. The van der Waals surface area contributed by atoms with Crippen LogP contribution in [0.4, 0.5) is 18.9 Å². The van der Waals surface area contributed by atoms with E-state index >= 15 is 0 Å². The second kappa shape index (κ2) is 13.2. The summed E-state index contributed by atoms with van der Waals surface area (Å²) >= 11 is 0. The third-order valence-electron chi connectivity index (χ3n) is 5.63. The quantitative estimate of drug-likeness (QED) is 0.195. The summed E-state index contributed by atoms with van der Waals surface area (Å²) in [6.45, 7) is 6.49. The van der Waals surface area contributed by atoms with Gasteiger partial charge in [-0.3, -0.25) is 19.2 Å². The van der Waals surface area contributed by atoms with Crippen LogP contribution in [0.3, 0.4) is 0 Å². The molecule has 0 aliphatic carbocycles. The maximum atomic E-state index is 13.1. The molecule has 0 saturated heterocycles. The SMILES string of the molecule is C=C(CCF)C(=O)N(CCCCCc1noc(C(C)(C)C)n1)c1cncc(-c2ccc(OC(F)F)cn2)c1. The number of aromatic nitrogens is 4. The highest BCUT2D eigenvalue weighted by atomic mass is 19.3. The van der Waals surface area contributed by atoms with Gasteiger partial charge in [0.2, 0.25) is 5.89 Å². The maximum absolute atomic E-state index is 13.1. The topological polar surface area (TPSA) is 94.2 Å². The van der Waals surface area contributed by atoms with Crippen molar-refractivity contribution in [1.29, 1.82) is 0 Å². The van der Waals surface area contributed by atoms with Gasteiger partial charge in [-0.15, -0.1) is 0 Å². The Morgan fingerprint density at radius 2 is 1.95 bits per heavy atom. The van der Waals surface area contributed by atoms with Gasteiger partial charge in [-0.2, -0.15) is 13.8 Å². The second-order valence-corrected chi connectivity index (χ2v) is 9.77. The number of ether oxygens (including phenoxy) is 1. The molecular weight excluding hydrogens is 499 g/mol. The Kier molecular flexibility index (Phi) is 9.98. The summed E-state index contributed by atoms with van der Waals surface area (Å²) in [6.07, 6.45) is 7.11. The van der Waals surface area contributed by atoms with Crippen molar-refractivity contribution in [2.45, 2.75) is 64.9 Å². The molecule has 1 amide bonds. The lowest BCUT2D eigenvalue weighted by Gasteiger charge is -2.24. The lowest BCUT2D eigenvalue weighted by atomic mass is 9.97. The van der Waals surface area contributed by atoms with Gasteiger partial charge >= 0.3 is 6.61 Å². The molecule has 0 aromatic carbocycles. The number of carbonyl (C=O) groups excluding carboxylic acids is 1. The third-order valence-corrected chi connectivity index (χ3v) is 5.63. The van der Waals surface area contributed by atoms with Crippen LogP contribution in [0.1, 0.15) is 58.2 Å². The van der Waals surface area contributed by atoms with Crippen molar-refractivity contribution in [3.8, 4) is 17.0 Å². The van der Waals surface area contributed by atoms with Crippen LogP contribution < -0.4 is 9.64 Å². The highest BCUT2D eigenvalue weighted by Crippen LogP contribution is 2.26. The molecule has 0 fully saturated rings. The van der Waals surface area contributed by atoms with Crippen molar-refractivity contribution in [2.24, 2.45) is 0 Å². The molecule has 0 radical (unpaired) electrons. The number of nitrogens with zero attached hydrogens (tertiary/aromatic N) is 5. The summed E-state index contributed by atoms with van der Waals surface area (Å²) in [5, 5.41) is 4.04. The molecule has 204 valence electrons. The summed E-state index contributed by atoms with van der Waals surface area (Å²) in [5.41, 5.74) is 1.48. The van der Waals surface area contributed by atoms with Gasteiger partial charge in [-0.1, -0.05) is 38.9 Å². The molecule has 3 aromatic heterocycles. The lowest BCUT2D eigenvalue weighted by molar-refractivity contribution is -0.115. The normalized spacial score (nSPS) is 11.6. The smallest absolute Gasteiger partial charge is 0.387 e. The molecule has 0 bridgehead atoms. The fourth-order valence-corrected chi connectivity index (χ4v) is 3.59. The summed E-state index contributed by atoms with van der Waals surface area (Å²) in [6, 6.07) is 4.62. The van der Waals surface area contributed by atoms with Crippen LogP contribution in [-0.2, 0) is 16.6 Å². The van der Waals surface area contributed by atoms with E-state index in [0.717, 1.165) is 12.8 Å². The summed E-state index contributed by atoms with van der Waals surface area (Å²) in [4.78, 5) is 27.5. The first-order valence-corrected chi connectivity index (χ1v) is 12.3. The molecule has 3 aromatic rings. The molecule has 0 unspecified atom stereocenters. The molecule has 38 heavy (non-hydrogen) atoms. The number of rotatable bonds is 13. The van der Waals surface area contributed by atoms with E-state index in [1.165, 1.54) is 29.4 Å². The first-order chi connectivity index (χ1) is 18.1. The first-order valence-electron chi connectivity index (χ1n) is 12.3. The Morgan fingerprint density at radius 3 is 2.58 bits per heavy atom. The molecular formula is C27H32F3N5O3. The van der Waals surface area contributed by atoms with Gasteiger partial charge < -0.3 is 14.2 Å². The fraction of sp³-hybridized carbons (Fsp3) is 0.444. The van der Waals surface area contributed by atoms with Gasteiger partial charge in [0.1, 0.15) is 5.75 Å². The van der Waals surface area contributed by atoms with Gasteiger partial charge in [-0.25, -0.2) is 0 Å². The van der Waals surface area contributed by atoms with E-state index in [-0.39, 0.29) is 29.1 Å².